The summed E-state index contributed by atoms with van der Waals surface area (Å²) in [7, 11) is 1.51. The number of imide groups is 1. The van der Waals surface area contributed by atoms with Gasteiger partial charge in [0, 0.05) is 68.0 Å². The highest BCUT2D eigenvalue weighted by Crippen LogP contribution is 2.38. The number of halogens is 1. The summed E-state index contributed by atoms with van der Waals surface area (Å²) in [6.07, 6.45) is 10.3. The Labute approximate surface area is 369 Å². The zero-order valence-corrected chi connectivity index (χ0v) is 36.5. The number of piperidine rings is 3. The van der Waals surface area contributed by atoms with E-state index in [1.165, 1.54) is 7.05 Å². The number of hydrogen-bond donors (Lipinski definition) is 3. The number of benzene rings is 1. The molecule has 3 aromatic heterocycles. The Balaban J connectivity index is 0.739. The average molecular weight is 881 g/mol. The summed E-state index contributed by atoms with van der Waals surface area (Å²) < 4.78 is 13.9. The molecule has 0 radical (unpaired) electrons. The quantitative estimate of drug-likeness (QED) is 0.169. The van der Waals surface area contributed by atoms with Gasteiger partial charge in [0.05, 0.1) is 23.9 Å². The van der Waals surface area contributed by atoms with Gasteiger partial charge < -0.3 is 39.4 Å². The summed E-state index contributed by atoms with van der Waals surface area (Å²) in [5.74, 6) is 0.247. The number of rotatable bonds is 12. The van der Waals surface area contributed by atoms with Crippen molar-refractivity contribution in [2.45, 2.75) is 108 Å². The molecular formula is C45H53ClN10O7. The van der Waals surface area contributed by atoms with Gasteiger partial charge in [0.2, 0.25) is 17.8 Å². The lowest BCUT2D eigenvalue weighted by Crippen LogP contribution is -2.52. The second-order valence-electron chi connectivity index (χ2n) is 17.6. The zero-order chi connectivity index (χ0) is 43.9. The maximum atomic E-state index is 13.2. The Hall–Kier alpha value is -5.65. The second-order valence-corrected chi connectivity index (χ2v) is 18.0. The van der Waals surface area contributed by atoms with Crippen LogP contribution in [0.15, 0.2) is 47.5 Å². The van der Waals surface area contributed by atoms with E-state index in [1.54, 1.807) is 21.7 Å². The van der Waals surface area contributed by atoms with Gasteiger partial charge in [-0.3, -0.25) is 34.3 Å². The van der Waals surface area contributed by atoms with E-state index >= 15 is 0 Å². The molecule has 332 valence electrons. The van der Waals surface area contributed by atoms with E-state index in [9.17, 15) is 24.0 Å². The number of amides is 4. The number of ether oxygens (including phenoxy) is 2. The second kappa shape index (κ2) is 17.8. The van der Waals surface area contributed by atoms with Crippen LogP contribution in [0.25, 0.3) is 10.9 Å². The van der Waals surface area contributed by atoms with Crippen molar-refractivity contribution in [1.29, 1.82) is 0 Å². The van der Waals surface area contributed by atoms with Crippen LogP contribution in [0.5, 0.6) is 5.75 Å². The van der Waals surface area contributed by atoms with Crippen molar-refractivity contribution >= 4 is 63.6 Å². The minimum absolute atomic E-state index is 0.0937. The number of likely N-dealkylation sites (tertiary alicyclic amines) is 1. The van der Waals surface area contributed by atoms with Crippen LogP contribution in [-0.4, -0.2) is 117 Å². The van der Waals surface area contributed by atoms with Gasteiger partial charge in [-0.2, -0.15) is 4.98 Å². The van der Waals surface area contributed by atoms with Crippen molar-refractivity contribution in [1.82, 2.24) is 40.0 Å². The van der Waals surface area contributed by atoms with Crippen molar-refractivity contribution < 1.29 is 28.7 Å². The van der Waals surface area contributed by atoms with E-state index < -0.39 is 11.9 Å². The summed E-state index contributed by atoms with van der Waals surface area (Å²) >= 11 is 6.60. The fourth-order valence-corrected chi connectivity index (χ4v) is 9.80. The Kier molecular flexibility index (Phi) is 12.1. The largest absolute Gasteiger partial charge is 0.478 e. The van der Waals surface area contributed by atoms with E-state index in [-0.39, 0.29) is 60.3 Å². The van der Waals surface area contributed by atoms with Gasteiger partial charge in [0.15, 0.2) is 18.2 Å². The molecular weight excluding hydrogens is 828 g/mol. The van der Waals surface area contributed by atoms with Crippen LogP contribution in [0.4, 0.5) is 17.5 Å². The van der Waals surface area contributed by atoms with Crippen LogP contribution in [0.3, 0.4) is 0 Å². The van der Waals surface area contributed by atoms with Crippen molar-refractivity contribution in [3.63, 3.8) is 0 Å². The molecule has 9 rings (SSSR count). The molecule has 4 amide bonds. The molecule has 1 aromatic carbocycles. The highest BCUT2D eigenvalue weighted by atomic mass is 35.5. The third-order valence-corrected chi connectivity index (χ3v) is 13.5. The van der Waals surface area contributed by atoms with Gasteiger partial charge in [-0.25, -0.2) is 4.98 Å². The molecule has 18 heteroatoms. The maximum absolute atomic E-state index is 13.2. The smallest absolute Gasteiger partial charge is 0.293 e. The van der Waals surface area contributed by atoms with Gasteiger partial charge in [-0.1, -0.05) is 11.6 Å². The van der Waals surface area contributed by atoms with Gasteiger partial charge >= 0.3 is 0 Å². The van der Waals surface area contributed by atoms with Crippen molar-refractivity contribution in [2.24, 2.45) is 0 Å². The number of likely N-dealkylation sites (N-methyl/N-ethyl adjacent to an activating group) is 1. The van der Waals surface area contributed by atoms with E-state index in [0.717, 1.165) is 86.7 Å². The molecule has 4 aromatic rings. The molecule has 0 spiro atoms. The van der Waals surface area contributed by atoms with E-state index in [4.69, 9.17) is 26.1 Å². The van der Waals surface area contributed by atoms with Crippen LogP contribution < -0.4 is 31.1 Å². The predicted molar refractivity (Wildman–Crippen MR) is 235 cm³/mol. The number of pyridine rings is 2. The third-order valence-electron chi connectivity index (χ3n) is 13.2. The number of hydrogen-bond acceptors (Lipinski definition) is 13. The number of anilines is 3. The topological polar surface area (TPSA) is 193 Å². The maximum Gasteiger partial charge on any atom is 0.293 e. The van der Waals surface area contributed by atoms with Crippen LogP contribution >= 0.6 is 11.6 Å². The van der Waals surface area contributed by atoms with Gasteiger partial charge in [0.25, 0.3) is 17.4 Å². The molecule has 17 nitrogen and oxygen atoms in total. The minimum Gasteiger partial charge on any atom is -0.478 e. The fourth-order valence-electron chi connectivity index (χ4n) is 9.66. The van der Waals surface area contributed by atoms with Crippen LogP contribution in [0, 0.1) is 0 Å². The molecule has 5 aliphatic rings. The van der Waals surface area contributed by atoms with E-state index in [0.29, 0.717) is 53.1 Å². The molecule has 1 saturated carbocycles. The standard InChI is InChI=1S/C45H53ClN10O7/c1-25(2)56-35-5-4-30(17-27(35)18-37(43(56)60)62-24-39(58)47-3)50-41-34(46)22-49-45(52-41)54-14-10-32(11-15-54)63-33-19-31(20-33)53-12-8-26(9-13-53)28-16-29-23-55(44(61)40(29)48-21-28)36-6-7-38(57)51-42(36)59/h4-5,16-18,21-22,25-26,31-33,36H,6-15,19-20,23-24H2,1-3H3,(H,47,58)(H,49,50,52)(H,51,57,59)/t31-,33-,36?. The predicted octanol–water partition coefficient (Wildman–Crippen LogP) is 4.45. The average Bonchev–Trinajstić information content (AvgIpc) is 3.59. The molecule has 1 atom stereocenters. The normalized spacial score (nSPS) is 22.3. The van der Waals surface area contributed by atoms with Gasteiger partial charge in [-0.15, -0.1) is 0 Å². The molecule has 1 unspecified atom stereocenters. The summed E-state index contributed by atoms with van der Waals surface area (Å²) in [6, 6.07) is 9.15. The Bertz CT molecular complexity index is 2490. The van der Waals surface area contributed by atoms with E-state index in [2.05, 4.69) is 41.8 Å². The molecule has 3 N–H and O–H groups in total. The van der Waals surface area contributed by atoms with Crippen LogP contribution in [0.1, 0.15) is 98.8 Å². The molecule has 3 saturated heterocycles. The van der Waals surface area contributed by atoms with Gasteiger partial charge in [-0.05, 0) is 114 Å². The first-order valence-corrected chi connectivity index (χ1v) is 22.4. The Morgan fingerprint density at radius 3 is 2.46 bits per heavy atom. The lowest BCUT2D eigenvalue weighted by molar-refractivity contribution is -0.137. The number of aromatic nitrogens is 4. The monoisotopic (exact) mass is 880 g/mol. The van der Waals surface area contributed by atoms with Crippen molar-refractivity contribution in [2.75, 3.05) is 50.1 Å². The van der Waals surface area contributed by atoms with Gasteiger partial charge in [0.1, 0.15) is 16.8 Å². The number of nitrogens with one attached hydrogen (secondary N) is 3. The zero-order valence-electron chi connectivity index (χ0n) is 35.8. The summed E-state index contributed by atoms with van der Waals surface area (Å²) in [5, 5.41) is 9.33. The third kappa shape index (κ3) is 8.82. The van der Waals surface area contributed by atoms with Crippen molar-refractivity contribution in [3.05, 3.63) is 74.9 Å². The van der Waals surface area contributed by atoms with E-state index in [1.807, 2.05) is 38.2 Å². The highest BCUT2D eigenvalue weighted by molar-refractivity contribution is 6.33. The number of carbonyl (C=O) groups is 4. The van der Waals surface area contributed by atoms with Crippen LogP contribution in [-0.2, 0) is 25.7 Å². The molecule has 63 heavy (non-hydrogen) atoms. The Morgan fingerprint density at radius 2 is 1.73 bits per heavy atom. The fraction of sp³-hybridized carbons (Fsp3) is 0.511. The number of fused-ring (bicyclic) bond motifs is 2. The number of nitrogens with zero attached hydrogens (tertiary/aromatic N) is 7. The summed E-state index contributed by atoms with van der Waals surface area (Å²) in [6.45, 7) is 7.47. The molecule has 0 bridgehead atoms. The molecule has 7 heterocycles. The summed E-state index contributed by atoms with van der Waals surface area (Å²) in [4.78, 5) is 82.5. The lowest BCUT2D eigenvalue weighted by Gasteiger charge is -2.47. The van der Waals surface area contributed by atoms with Crippen molar-refractivity contribution in [3.8, 4) is 5.75 Å². The highest BCUT2D eigenvalue weighted by Gasteiger charge is 2.41. The first-order chi connectivity index (χ1) is 30.4. The first kappa shape index (κ1) is 42.6. The molecule has 4 aliphatic heterocycles. The number of carbonyl (C=O) groups excluding carboxylic acids is 4. The first-order valence-electron chi connectivity index (χ1n) is 22.0. The minimum atomic E-state index is -0.637. The molecule has 1 aliphatic carbocycles. The Morgan fingerprint density at radius 1 is 0.952 bits per heavy atom. The summed E-state index contributed by atoms with van der Waals surface area (Å²) in [5.41, 5.74) is 3.57. The van der Waals surface area contributed by atoms with Crippen LogP contribution in [0.2, 0.25) is 5.02 Å². The SMILES string of the molecule is CNC(=O)COc1cc2cc(Nc3nc(N4CCC(O[C@H]5C[C@H](N6CCC(c7cnc8c(c7)CN(C7CCC(=O)NC7=O)C8=O)CC6)C5)CC4)ncc3Cl)ccc2n(C(C)C)c1=O. The molecule has 4 fully saturated rings. The lowest BCUT2D eigenvalue weighted by atomic mass is 9.83.